The monoisotopic (exact) mass is 370 g/mol. The Hall–Kier alpha value is -2.56. The van der Waals surface area contributed by atoms with Gasteiger partial charge in [-0.15, -0.1) is 0 Å². The first-order chi connectivity index (χ1) is 12.6. The molecule has 0 unspecified atom stereocenters. The van der Waals surface area contributed by atoms with E-state index in [1.807, 2.05) is 24.3 Å². The lowest BCUT2D eigenvalue weighted by atomic mass is 10.0. The van der Waals surface area contributed by atoms with Gasteiger partial charge in [-0.05, 0) is 42.7 Å². The van der Waals surface area contributed by atoms with Crippen LogP contribution in [0, 0.1) is 11.3 Å². The predicted octanol–water partition coefficient (Wildman–Crippen LogP) is 2.86. The zero-order valence-corrected chi connectivity index (χ0v) is 14.9. The normalized spacial score (nSPS) is 19.9. The van der Waals surface area contributed by atoms with Crippen LogP contribution in [-0.2, 0) is 10.0 Å². The quantitative estimate of drug-likeness (QED) is 0.830. The van der Waals surface area contributed by atoms with Crippen LogP contribution in [0.2, 0.25) is 0 Å². The standard InChI is InChI=1S/C19H18N2O4S/c20-13-15-4-1-2-6-19(15)26(22,23)21-9-3-5-16(21)14-7-8-17-18(12-14)25-11-10-24-17/h1-2,4,6-8,12,16H,3,5,9-11H2/t16-/m0/s1. The van der Waals surface area contributed by atoms with Gasteiger partial charge in [0.1, 0.15) is 19.3 Å². The highest BCUT2D eigenvalue weighted by atomic mass is 32.2. The first-order valence-corrected chi connectivity index (χ1v) is 9.96. The fraction of sp³-hybridized carbons (Fsp3) is 0.316. The summed E-state index contributed by atoms with van der Waals surface area (Å²) in [6, 6.07) is 13.6. The molecule has 26 heavy (non-hydrogen) atoms. The topological polar surface area (TPSA) is 79.6 Å². The minimum absolute atomic E-state index is 0.0620. The minimum atomic E-state index is -3.76. The summed E-state index contributed by atoms with van der Waals surface area (Å²) in [6.45, 7) is 1.43. The van der Waals surface area contributed by atoms with Crippen LogP contribution in [-0.4, -0.2) is 32.5 Å². The summed E-state index contributed by atoms with van der Waals surface area (Å²) in [5, 5.41) is 9.28. The van der Waals surface area contributed by atoms with Crippen LogP contribution in [0.1, 0.15) is 30.0 Å². The Morgan fingerprint density at radius 3 is 2.65 bits per heavy atom. The Balaban J connectivity index is 1.72. The molecule has 0 N–H and O–H groups in total. The van der Waals surface area contributed by atoms with Gasteiger partial charge in [-0.25, -0.2) is 8.42 Å². The van der Waals surface area contributed by atoms with E-state index in [4.69, 9.17) is 9.47 Å². The largest absolute Gasteiger partial charge is 0.486 e. The summed E-state index contributed by atoms with van der Waals surface area (Å²) in [5.41, 5.74) is 1.05. The second-order valence-electron chi connectivity index (χ2n) is 6.28. The van der Waals surface area contributed by atoms with Crippen molar-refractivity contribution in [2.75, 3.05) is 19.8 Å². The summed E-state index contributed by atoms with van der Waals surface area (Å²) in [5.74, 6) is 1.33. The molecule has 0 aliphatic carbocycles. The average Bonchev–Trinajstić information content (AvgIpc) is 3.18. The lowest BCUT2D eigenvalue weighted by Gasteiger charge is -2.26. The van der Waals surface area contributed by atoms with Gasteiger partial charge >= 0.3 is 0 Å². The van der Waals surface area contributed by atoms with Crippen LogP contribution >= 0.6 is 0 Å². The highest BCUT2D eigenvalue weighted by molar-refractivity contribution is 7.89. The Labute approximate surface area is 152 Å². The van der Waals surface area contributed by atoms with Crippen molar-refractivity contribution >= 4 is 10.0 Å². The number of nitrogens with zero attached hydrogens (tertiary/aromatic N) is 2. The molecule has 2 aromatic carbocycles. The molecule has 0 spiro atoms. The van der Waals surface area contributed by atoms with Crippen LogP contribution in [0.25, 0.3) is 0 Å². The van der Waals surface area contributed by atoms with Crippen LogP contribution in [0.4, 0.5) is 0 Å². The second kappa shape index (κ2) is 6.63. The first-order valence-electron chi connectivity index (χ1n) is 8.52. The van der Waals surface area contributed by atoms with E-state index < -0.39 is 10.0 Å². The molecule has 2 aromatic rings. The van der Waals surface area contributed by atoms with E-state index in [9.17, 15) is 13.7 Å². The summed E-state index contributed by atoms with van der Waals surface area (Å²) < 4.78 is 39.1. The average molecular weight is 370 g/mol. The Bertz CT molecular complexity index is 981. The Morgan fingerprint density at radius 2 is 1.85 bits per heavy atom. The Kier molecular flexibility index (Phi) is 4.31. The molecular formula is C19H18N2O4S. The van der Waals surface area contributed by atoms with Gasteiger partial charge in [0, 0.05) is 6.54 Å². The third-order valence-corrected chi connectivity index (χ3v) is 6.72. The fourth-order valence-electron chi connectivity index (χ4n) is 3.54. The number of nitriles is 1. The zero-order chi connectivity index (χ0) is 18.1. The molecule has 134 valence electrons. The van der Waals surface area contributed by atoms with E-state index in [1.54, 1.807) is 12.1 Å². The molecule has 1 saturated heterocycles. The van der Waals surface area contributed by atoms with Gasteiger partial charge in [-0.2, -0.15) is 9.57 Å². The van der Waals surface area contributed by atoms with Crippen molar-refractivity contribution in [3.05, 3.63) is 53.6 Å². The highest BCUT2D eigenvalue weighted by Crippen LogP contribution is 2.40. The molecule has 0 saturated carbocycles. The summed E-state index contributed by atoms with van der Waals surface area (Å²) in [7, 11) is -3.76. The van der Waals surface area contributed by atoms with Gasteiger partial charge in [0.2, 0.25) is 10.0 Å². The highest BCUT2D eigenvalue weighted by Gasteiger charge is 2.37. The van der Waals surface area contributed by atoms with Crippen molar-refractivity contribution in [2.45, 2.75) is 23.8 Å². The molecule has 0 radical (unpaired) electrons. The molecule has 0 bridgehead atoms. The van der Waals surface area contributed by atoms with E-state index in [2.05, 4.69) is 0 Å². The number of hydrogen-bond acceptors (Lipinski definition) is 5. The van der Waals surface area contributed by atoms with E-state index in [0.29, 0.717) is 31.3 Å². The van der Waals surface area contributed by atoms with Gasteiger partial charge in [0.05, 0.1) is 16.5 Å². The summed E-state index contributed by atoms with van der Waals surface area (Å²) in [6.07, 6.45) is 1.50. The van der Waals surface area contributed by atoms with Crippen LogP contribution in [0.3, 0.4) is 0 Å². The third kappa shape index (κ3) is 2.81. The molecule has 2 aliphatic rings. The van der Waals surface area contributed by atoms with E-state index in [0.717, 1.165) is 18.4 Å². The third-order valence-electron chi connectivity index (χ3n) is 4.75. The van der Waals surface area contributed by atoms with E-state index in [-0.39, 0.29) is 16.5 Å². The fourth-order valence-corrected chi connectivity index (χ4v) is 5.36. The summed E-state index contributed by atoms with van der Waals surface area (Å²) in [4.78, 5) is 0.0620. The predicted molar refractivity (Wildman–Crippen MR) is 94.5 cm³/mol. The van der Waals surface area contributed by atoms with Crippen LogP contribution < -0.4 is 9.47 Å². The van der Waals surface area contributed by atoms with Crippen molar-refractivity contribution in [1.82, 2.24) is 4.31 Å². The number of fused-ring (bicyclic) bond motifs is 1. The van der Waals surface area contributed by atoms with Crippen molar-refractivity contribution in [1.29, 1.82) is 5.26 Å². The molecular weight excluding hydrogens is 352 g/mol. The number of rotatable bonds is 3. The summed E-state index contributed by atoms with van der Waals surface area (Å²) >= 11 is 0. The SMILES string of the molecule is N#Cc1ccccc1S(=O)(=O)N1CCC[C@H]1c1ccc2c(c1)OCCO2. The van der Waals surface area contributed by atoms with Gasteiger partial charge in [-0.3, -0.25) is 0 Å². The van der Waals surface area contributed by atoms with Crippen molar-refractivity contribution in [3.63, 3.8) is 0 Å². The zero-order valence-electron chi connectivity index (χ0n) is 14.1. The number of hydrogen-bond donors (Lipinski definition) is 0. The van der Waals surface area contributed by atoms with Crippen LogP contribution in [0.15, 0.2) is 47.4 Å². The van der Waals surface area contributed by atoms with Gasteiger partial charge in [-0.1, -0.05) is 18.2 Å². The maximum atomic E-state index is 13.2. The van der Waals surface area contributed by atoms with E-state index in [1.165, 1.54) is 16.4 Å². The minimum Gasteiger partial charge on any atom is -0.486 e. The molecule has 4 rings (SSSR count). The van der Waals surface area contributed by atoms with Crippen LogP contribution in [0.5, 0.6) is 11.5 Å². The molecule has 1 atom stereocenters. The molecule has 0 aromatic heterocycles. The Morgan fingerprint density at radius 1 is 1.08 bits per heavy atom. The number of benzene rings is 2. The molecule has 7 heteroatoms. The molecule has 2 heterocycles. The molecule has 6 nitrogen and oxygen atoms in total. The molecule has 2 aliphatic heterocycles. The molecule has 0 amide bonds. The number of sulfonamides is 1. The second-order valence-corrected chi connectivity index (χ2v) is 8.14. The van der Waals surface area contributed by atoms with Gasteiger partial charge in [0.15, 0.2) is 11.5 Å². The maximum Gasteiger partial charge on any atom is 0.244 e. The van der Waals surface area contributed by atoms with Gasteiger partial charge < -0.3 is 9.47 Å². The maximum absolute atomic E-state index is 13.2. The lowest BCUT2D eigenvalue weighted by Crippen LogP contribution is -2.31. The van der Waals surface area contributed by atoms with Crippen molar-refractivity contribution in [3.8, 4) is 17.6 Å². The van der Waals surface area contributed by atoms with Crippen molar-refractivity contribution < 1.29 is 17.9 Å². The van der Waals surface area contributed by atoms with Gasteiger partial charge in [0.25, 0.3) is 0 Å². The van der Waals surface area contributed by atoms with Crippen molar-refractivity contribution in [2.24, 2.45) is 0 Å². The first kappa shape index (κ1) is 16.9. The molecule has 1 fully saturated rings. The number of ether oxygens (including phenoxy) is 2. The smallest absolute Gasteiger partial charge is 0.244 e. The lowest BCUT2D eigenvalue weighted by molar-refractivity contribution is 0.171. The van der Waals surface area contributed by atoms with E-state index >= 15 is 0 Å².